The van der Waals surface area contributed by atoms with Crippen LogP contribution in [-0.4, -0.2) is 41.2 Å². The minimum absolute atomic E-state index is 0.144. The third-order valence-electron chi connectivity index (χ3n) is 4.55. The predicted octanol–water partition coefficient (Wildman–Crippen LogP) is 1.43. The maximum absolute atomic E-state index is 11.9. The summed E-state index contributed by atoms with van der Waals surface area (Å²) < 4.78 is 5.40. The molecule has 0 aromatic carbocycles. The molecule has 2 saturated carbocycles. The van der Waals surface area contributed by atoms with Crippen molar-refractivity contribution in [1.29, 1.82) is 0 Å². The van der Waals surface area contributed by atoms with Crippen molar-refractivity contribution < 1.29 is 9.53 Å². The molecule has 0 radical (unpaired) electrons. The van der Waals surface area contributed by atoms with Crippen molar-refractivity contribution in [2.45, 2.75) is 67.0 Å². The first-order valence-electron chi connectivity index (χ1n) is 7.49. The van der Waals surface area contributed by atoms with Crippen LogP contribution in [0.4, 0.5) is 0 Å². The lowest BCUT2D eigenvalue weighted by Crippen LogP contribution is -2.54. The maximum atomic E-state index is 11.9. The second-order valence-corrected chi connectivity index (χ2v) is 7.78. The highest BCUT2D eigenvalue weighted by Gasteiger charge is 2.47. The van der Waals surface area contributed by atoms with Gasteiger partial charge in [-0.25, -0.2) is 0 Å². The molecule has 5 heteroatoms. The molecule has 3 fully saturated rings. The molecule has 1 aliphatic heterocycles. The van der Waals surface area contributed by atoms with E-state index in [-0.39, 0.29) is 5.91 Å². The van der Waals surface area contributed by atoms with E-state index >= 15 is 0 Å². The fourth-order valence-corrected chi connectivity index (χ4v) is 4.89. The zero-order chi connectivity index (χ0) is 13.3. The van der Waals surface area contributed by atoms with Gasteiger partial charge in [-0.05, 0) is 44.9 Å². The van der Waals surface area contributed by atoms with Gasteiger partial charge in [0.2, 0.25) is 5.91 Å². The SMILES string of the molecule is NC(=O)C1(NC2CC2)CCC(SC2CCOCC2)C1. The van der Waals surface area contributed by atoms with Crippen molar-refractivity contribution in [3.05, 3.63) is 0 Å². The molecule has 2 atom stereocenters. The molecule has 108 valence electrons. The Morgan fingerprint density at radius 1 is 1.16 bits per heavy atom. The largest absolute Gasteiger partial charge is 0.381 e. The fourth-order valence-electron chi connectivity index (χ4n) is 3.24. The highest BCUT2D eigenvalue weighted by atomic mass is 32.2. The van der Waals surface area contributed by atoms with Gasteiger partial charge in [-0.1, -0.05) is 0 Å². The first-order valence-corrected chi connectivity index (χ1v) is 8.43. The van der Waals surface area contributed by atoms with Crippen LogP contribution in [0, 0.1) is 0 Å². The summed E-state index contributed by atoms with van der Waals surface area (Å²) in [5, 5.41) is 4.82. The molecule has 3 N–H and O–H groups in total. The Morgan fingerprint density at radius 3 is 2.53 bits per heavy atom. The van der Waals surface area contributed by atoms with E-state index in [0.29, 0.717) is 16.5 Å². The van der Waals surface area contributed by atoms with Crippen molar-refractivity contribution in [1.82, 2.24) is 5.32 Å². The summed E-state index contributed by atoms with van der Waals surface area (Å²) in [5.41, 5.74) is 5.26. The lowest BCUT2D eigenvalue weighted by molar-refractivity contribution is -0.124. The lowest BCUT2D eigenvalue weighted by atomic mass is 9.96. The number of ether oxygens (including phenoxy) is 1. The van der Waals surface area contributed by atoms with Gasteiger partial charge in [0, 0.05) is 29.8 Å². The predicted molar refractivity (Wildman–Crippen MR) is 77.2 cm³/mol. The van der Waals surface area contributed by atoms with E-state index in [1.807, 2.05) is 0 Å². The Kier molecular flexibility index (Phi) is 4.06. The molecular formula is C14H24N2O2S. The number of nitrogens with one attached hydrogen (secondary N) is 1. The quantitative estimate of drug-likeness (QED) is 0.801. The Bertz CT molecular complexity index is 342. The van der Waals surface area contributed by atoms with Gasteiger partial charge in [-0.2, -0.15) is 11.8 Å². The molecule has 3 aliphatic rings. The zero-order valence-corrected chi connectivity index (χ0v) is 12.2. The van der Waals surface area contributed by atoms with Crippen LogP contribution >= 0.6 is 11.8 Å². The summed E-state index contributed by atoms with van der Waals surface area (Å²) in [4.78, 5) is 11.9. The number of primary amides is 1. The van der Waals surface area contributed by atoms with E-state index in [9.17, 15) is 4.79 Å². The van der Waals surface area contributed by atoms with Crippen LogP contribution in [0.25, 0.3) is 0 Å². The number of rotatable bonds is 5. The van der Waals surface area contributed by atoms with Crippen molar-refractivity contribution in [3.8, 4) is 0 Å². The van der Waals surface area contributed by atoms with E-state index in [1.165, 1.54) is 12.8 Å². The zero-order valence-electron chi connectivity index (χ0n) is 11.4. The topological polar surface area (TPSA) is 64.4 Å². The molecule has 0 aromatic heterocycles. The van der Waals surface area contributed by atoms with Gasteiger partial charge in [-0.3, -0.25) is 4.79 Å². The van der Waals surface area contributed by atoms with Gasteiger partial charge < -0.3 is 15.8 Å². The van der Waals surface area contributed by atoms with Crippen molar-refractivity contribution in [2.75, 3.05) is 13.2 Å². The monoisotopic (exact) mass is 284 g/mol. The first kappa shape index (κ1) is 13.7. The molecule has 19 heavy (non-hydrogen) atoms. The molecule has 3 rings (SSSR count). The van der Waals surface area contributed by atoms with E-state index < -0.39 is 5.54 Å². The average molecular weight is 284 g/mol. The van der Waals surface area contributed by atoms with Crippen LogP contribution in [0.5, 0.6) is 0 Å². The summed E-state index contributed by atoms with van der Waals surface area (Å²) >= 11 is 2.07. The smallest absolute Gasteiger partial charge is 0.237 e. The fraction of sp³-hybridized carbons (Fsp3) is 0.929. The van der Waals surface area contributed by atoms with Gasteiger partial charge >= 0.3 is 0 Å². The van der Waals surface area contributed by atoms with Crippen LogP contribution < -0.4 is 11.1 Å². The molecule has 0 aromatic rings. The molecule has 1 amide bonds. The molecular weight excluding hydrogens is 260 g/mol. The number of hydrogen-bond donors (Lipinski definition) is 2. The van der Waals surface area contributed by atoms with Crippen LogP contribution in [0.1, 0.15) is 44.9 Å². The highest BCUT2D eigenvalue weighted by Crippen LogP contribution is 2.42. The molecule has 2 aliphatic carbocycles. The molecule has 1 saturated heterocycles. The Labute approximate surface area is 119 Å². The van der Waals surface area contributed by atoms with Crippen LogP contribution in [0.2, 0.25) is 0 Å². The number of hydrogen-bond acceptors (Lipinski definition) is 4. The standard InChI is InChI=1S/C14H24N2O2S/c15-13(17)14(16-10-1-2-10)6-3-12(9-14)19-11-4-7-18-8-5-11/h10-12,16H,1-9H2,(H2,15,17). The second-order valence-electron chi connectivity index (χ2n) is 6.18. The van der Waals surface area contributed by atoms with Crippen LogP contribution in [-0.2, 0) is 9.53 Å². The minimum atomic E-state index is -0.413. The summed E-state index contributed by atoms with van der Waals surface area (Å²) in [5.74, 6) is -0.144. The third kappa shape index (κ3) is 3.26. The molecule has 0 bridgehead atoms. The Morgan fingerprint density at radius 2 is 1.89 bits per heavy atom. The van der Waals surface area contributed by atoms with Gasteiger partial charge in [0.15, 0.2) is 0 Å². The van der Waals surface area contributed by atoms with Gasteiger partial charge in [-0.15, -0.1) is 0 Å². The van der Waals surface area contributed by atoms with E-state index in [1.54, 1.807) is 0 Å². The van der Waals surface area contributed by atoms with Gasteiger partial charge in [0.1, 0.15) is 0 Å². The maximum Gasteiger partial charge on any atom is 0.237 e. The lowest BCUT2D eigenvalue weighted by Gasteiger charge is -2.28. The van der Waals surface area contributed by atoms with E-state index in [0.717, 1.165) is 45.3 Å². The number of nitrogens with two attached hydrogens (primary N) is 1. The number of carbonyl (C=O) groups is 1. The third-order valence-corrected chi connectivity index (χ3v) is 6.20. The molecule has 1 heterocycles. The highest BCUT2D eigenvalue weighted by molar-refractivity contribution is 8.00. The average Bonchev–Trinajstić information content (AvgIpc) is 3.11. The number of carbonyl (C=O) groups excluding carboxylic acids is 1. The van der Waals surface area contributed by atoms with E-state index in [4.69, 9.17) is 10.5 Å². The summed E-state index contributed by atoms with van der Waals surface area (Å²) in [7, 11) is 0. The number of amides is 1. The van der Waals surface area contributed by atoms with Crippen LogP contribution in [0.15, 0.2) is 0 Å². The Hall–Kier alpha value is -0.260. The summed E-state index contributed by atoms with van der Waals surface area (Å²) in [6, 6.07) is 0.541. The van der Waals surface area contributed by atoms with Crippen molar-refractivity contribution in [2.24, 2.45) is 5.73 Å². The van der Waals surface area contributed by atoms with Crippen molar-refractivity contribution >= 4 is 17.7 Å². The molecule has 2 unspecified atom stereocenters. The Balaban J connectivity index is 1.55. The van der Waals surface area contributed by atoms with Gasteiger partial charge in [0.25, 0.3) is 0 Å². The minimum Gasteiger partial charge on any atom is -0.381 e. The van der Waals surface area contributed by atoms with Crippen LogP contribution in [0.3, 0.4) is 0 Å². The second kappa shape index (κ2) is 5.62. The summed E-state index contributed by atoms with van der Waals surface area (Å²) in [6.45, 7) is 1.79. The number of thioether (sulfide) groups is 1. The first-order chi connectivity index (χ1) is 9.18. The van der Waals surface area contributed by atoms with Gasteiger partial charge in [0.05, 0.1) is 5.54 Å². The van der Waals surface area contributed by atoms with Crippen molar-refractivity contribution in [3.63, 3.8) is 0 Å². The molecule has 4 nitrogen and oxygen atoms in total. The normalized spacial score (nSPS) is 36.5. The molecule has 0 spiro atoms. The van der Waals surface area contributed by atoms with E-state index in [2.05, 4.69) is 17.1 Å². The summed E-state index contributed by atoms with van der Waals surface area (Å²) in [6.07, 6.45) is 7.66.